The second-order valence-corrected chi connectivity index (χ2v) is 7.17. The molecule has 0 spiro atoms. The first-order valence-electron chi connectivity index (χ1n) is 8.89. The van der Waals surface area contributed by atoms with Crippen LogP contribution in [0, 0.1) is 12.7 Å². The van der Waals surface area contributed by atoms with Gasteiger partial charge < -0.3 is 5.32 Å². The third kappa shape index (κ3) is 5.01. The lowest BCUT2D eigenvalue weighted by molar-refractivity contribution is 0.0940. The molecule has 0 saturated carbocycles. The Kier molecular flexibility index (Phi) is 6.64. The largest absolute Gasteiger partial charge is 0.355 e. The van der Waals surface area contributed by atoms with E-state index in [0.29, 0.717) is 16.7 Å². The number of carbonyl (C=O) groups excluding carboxylic acids is 2. The van der Waals surface area contributed by atoms with Crippen molar-refractivity contribution in [1.29, 1.82) is 0 Å². The molecular formula is C22H20FN3O2S. The number of rotatable bonds is 6. The molecule has 0 aliphatic carbocycles. The van der Waals surface area contributed by atoms with Crippen molar-refractivity contribution < 1.29 is 14.0 Å². The monoisotopic (exact) mass is 409 g/mol. The van der Waals surface area contributed by atoms with E-state index in [-0.39, 0.29) is 11.5 Å². The highest BCUT2D eigenvalue weighted by Gasteiger charge is 2.16. The van der Waals surface area contributed by atoms with Gasteiger partial charge in [0.2, 0.25) is 0 Å². The van der Waals surface area contributed by atoms with E-state index in [1.807, 2.05) is 36.4 Å². The summed E-state index contributed by atoms with van der Waals surface area (Å²) in [6.07, 6.45) is 0. The maximum absolute atomic E-state index is 14.6. The Hall–Kier alpha value is -3.16. The van der Waals surface area contributed by atoms with E-state index in [1.165, 1.54) is 18.0 Å². The van der Waals surface area contributed by atoms with Gasteiger partial charge >= 0.3 is 0 Å². The van der Waals surface area contributed by atoms with Crippen molar-refractivity contribution >= 4 is 23.8 Å². The van der Waals surface area contributed by atoms with Crippen molar-refractivity contribution in [2.24, 2.45) is 0 Å². The van der Waals surface area contributed by atoms with E-state index in [4.69, 9.17) is 0 Å². The van der Waals surface area contributed by atoms with E-state index >= 15 is 0 Å². The van der Waals surface area contributed by atoms with Crippen molar-refractivity contribution in [2.45, 2.75) is 11.8 Å². The Labute approximate surface area is 172 Å². The van der Waals surface area contributed by atoms with Gasteiger partial charge in [0.25, 0.3) is 11.8 Å². The summed E-state index contributed by atoms with van der Waals surface area (Å²) in [5.74, 6) is -1.38. The Morgan fingerprint density at radius 1 is 0.897 bits per heavy atom. The van der Waals surface area contributed by atoms with Gasteiger partial charge in [-0.05, 0) is 72.0 Å². The normalized spacial score (nSPS) is 10.4. The number of amides is 2. The zero-order chi connectivity index (χ0) is 20.8. The summed E-state index contributed by atoms with van der Waals surface area (Å²) in [4.78, 5) is 28.0. The highest BCUT2D eigenvalue weighted by Crippen LogP contribution is 2.26. The van der Waals surface area contributed by atoms with Gasteiger partial charge in [0.15, 0.2) is 0 Å². The summed E-state index contributed by atoms with van der Waals surface area (Å²) in [5.41, 5.74) is 4.62. The number of aryl methyl sites for hydroxylation is 1. The number of hydrogen-bond acceptors (Lipinski definition) is 4. The van der Waals surface area contributed by atoms with Crippen LogP contribution < -0.4 is 15.6 Å². The fourth-order valence-electron chi connectivity index (χ4n) is 2.77. The topological polar surface area (TPSA) is 70.2 Å². The molecule has 29 heavy (non-hydrogen) atoms. The Bertz CT molecular complexity index is 1040. The fourth-order valence-corrected chi connectivity index (χ4v) is 3.33. The average molecular weight is 409 g/mol. The molecule has 0 atom stereocenters. The van der Waals surface area contributed by atoms with Crippen LogP contribution in [-0.2, 0) is 0 Å². The molecular weight excluding hydrogens is 389 g/mol. The zero-order valence-electron chi connectivity index (χ0n) is 16.0. The molecule has 0 unspecified atom stereocenters. The molecule has 0 bridgehead atoms. The van der Waals surface area contributed by atoms with Crippen molar-refractivity contribution in [2.75, 3.05) is 7.05 Å². The van der Waals surface area contributed by atoms with E-state index in [0.717, 1.165) is 10.5 Å². The number of hydrogen-bond donors (Lipinski definition) is 3. The van der Waals surface area contributed by atoms with E-state index in [9.17, 15) is 14.0 Å². The molecule has 2 amide bonds. The molecule has 0 radical (unpaired) electrons. The third-order valence-electron chi connectivity index (χ3n) is 4.26. The van der Waals surface area contributed by atoms with Crippen LogP contribution in [-0.4, -0.2) is 18.9 Å². The van der Waals surface area contributed by atoms with Crippen molar-refractivity contribution in [3.8, 4) is 11.1 Å². The third-order valence-corrected chi connectivity index (χ3v) is 4.97. The maximum atomic E-state index is 14.6. The molecule has 0 aliphatic heterocycles. The summed E-state index contributed by atoms with van der Waals surface area (Å²) < 4.78 is 14.6. The van der Waals surface area contributed by atoms with Gasteiger partial charge in [0.1, 0.15) is 5.82 Å². The van der Waals surface area contributed by atoms with Crippen molar-refractivity contribution in [3.63, 3.8) is 0 Å². The molecule has 3 aromatic rings. The van der Waals surface area contributed by atoms with Crippen molar-refractivity contribution in [1.82, 2.24) is 15.6 Å². The van der Waals surface area contributed by atoms with Gasteiger partial charge in [-0.1, -0.05) is 30.3 Å². The minimum absolute atomic E-state index is 0.0773. The van der Waals surface area contributed by atoms with Crippen molar-refractivity contribution in [3.05, 3.63) is 89.2 Å². The predicted molar refractivity (Wildman–Crippen MR) is 113 cm³/mol. The molecule has 3 N–H and O–H groups in total. The summed E-state index contributed by atoms with van der Waals surface area (Å²) >= 11 is 1.21. The van der Waals surface area contributed by atoms with Crippen LogP contribution in [0.15, 0.2) is 71.6 Å². The van der Waals surface area contributed by atoms with Gasteiger partial charge in [-0.25, -0.2) is 4.39 Å². The van der Waals surface area contributed by atoms with Crippen LogP contribution in [0.5, 0.6) is 0 Å². The SMILES string of the molecule is CNC(=O)c1cccc(-c2cc(C)c(F)c(C(=O)NNSc3ccccc3)c2)c1. The van der Waals surface area contributed by atoms with Gasteiger partial charge in [-0.3, -0.25) is 15.0 Å². The highest BCUT2D eigenvalue weighted by molar-refractivity contribution is 7.97. The van der Waals surface area contributed by atoms with Crippen LogP contribution in [0.2, 0.25) is 0 Å². The second kappa shape index (κ2) is 9.36. The number of nitrogens with one attached hydrogen (secondary N) is 3. The Balaban J connectivity index is 1.82. The van der Waals surface area contributed by atoms with Crippen LogP contribution in [0.1, 0.15) is 26.3 Å². The van der Waals surface area contributed by atoms with Gasteiger partial charge in [0, 0.05) is 17.5 Å². The molecule has 0 aliphatic rings. The molecule has 0 fully saturated rings. The number of carbonyl (C=O) groups is 2. The Morgan fingerprint density at radius 2 is 1.66 bits per heavy atom. The number of hydrazine groups is 1. The molecule has 3 rings (SSSR count). The van der Waals surface area contributed by atoms with Crippen LogP contribution in [0.4, 0.5) is 4.39 Å². The first kappa shape index (κ1) is 20.6. The summed E-state index contributed by atoms with van der Waals surface area (Å²) in [6, 6.07) is 19.5. The van der Waals surface area contributed by atoms with E-state index in [2.05, 4.69) is 15.6 Å². The zero-order valence-corrected chi connectivity index (χ0v) is 16.8. The molecule has 148 valence electrons. The highest BCUT2D eigenvalue weighted by atomic mass is 32.2. The first-order chi connectivity index (χ1) is 14.0. The average Bonchev–Trinajstić information content (AvgIpc) is 2.75. The lowest BCUT2D eigenvalue weighted by atomic mass is 9.98. The lowest BCUT2D eigenvalue weighted by Crippen LogP contribution is -2.33. The molecule has 3 aromatic carbocycles. The van der Waals surface area contributed by atoms with E-state index in [1.54, 1.807) is 38.2 Å². The maximum Gasteiger partial charge on any atom is 0.269 e. The number of halogens is 1. The molecule has 0 heterocycles. The molecule has 5 nitrogen and oxygen atoms in total. The van der Waals surface area contributed by atoms with Crippen LogP contribution >= 0.6 is 11.9 Å². The molecule has 0 saturated heterocycles. The predicted octanol–water partition coefficient (Wildman–Crippen LogP) is 4.10. The summed E-state index contributed by atoms with van der Waals surface area (Å²) in [5, 5.41) is 2.57. The minimum atomic E-state index is -0.585. The Morgan fingerprint density at radius 3 is 2.38 bits per heavy atom. The summed E-state index contributed by atoms with van der Waals surface area (Å²) in [7, 11) is 1.56. The first-order valence-corrected chi connectivity index (χ1v) is 9.71. The molecule has 7 heteroatoms. The van der Waals surface area contributed by atoms with Gasteiger partial charge in [-0.2, -0.15) is 4.83 Å². The smallest absolute Gasteiger partial charge is 0.269 e. The lowest BCUT2D eigenvalue weighted by Gasteiger charge is -2.12. The van der Waals surface area contributed by atoms with E-state index < -0.39 is 11.7 Å². The number of benzene rings is 3. The summed E-state index contributed by atoms with van der Waals surface area (Å²) in [6.45, 7) is 1.60. The van der Waals surface area contributed by atoms with Crippen LogP contribution in [0.25, 0.3) is 11.1 Å². The minimum Gasteiger partial charge on any atom is -0.355 e. The standard InChI is InChI=1S/C22H20FN3O2S/c1-14-11-17(15-7-6-8-16(12-15)21(27)24-2)13-19(20(14)23)22(28)25-26-29-18-9-4-3-5-10-18/h3-13,26H,1-2H3,(H,24,27)(H,25,28). The van der Waals surface area contributed by atoms with Crippen LogP contribution in [0.3, 0.4) is 0 Å². The molecule has 0 aromatic heterocycles. The second-order valence-electron chi connectivity index (χ2n) is 6.29. The van der Waals surface area contributed by atoms with Gasteiger partial charge in [0.05, 0.1) is 5.56 Å². The fraction of sp³-hybridized carbons (Fsp3) is 0.0909. The van der Waals surface area contributed by atoms with Gasteiger partial charge in [-0.15, -0.1) is 0 Å². The quantitative estimate of drug-likeness (QED) is 0.423.